The van der Waals surface area contributed by atoms with Crippen LogP contribution in [0.2, 0.25) is 0 Å². The molecule has 2 heterocycles. The van der Waals surface area contributed by atoms with Crippen LogP contribution in [-0.2, 0) is 14.3 Å². The maximum Gasteiger partial charge on any atom is 0.309 e. The number of hydrogen-bond acceptors (Lipinski definition) is 4. The Labute approximate surface area is 113 Å². The van der Waals surface area contributed by atoms with Crippen molar-refractivity contribution in [2.24, 2.45) is 17.3 Å². The Hall–Kier alpha value is -0.610. The standard InChI is InChI=1S/C15H22O4/c1-8-9-4-6-13(2)10(16)5-7-14(3)15(13,19-14)11(9)18-12(8)17/h8-11,16H,4-7H2,1-3H3. The summed E-state index contributed by atoms with van der Waals surface area (Å²) >= 11 is 0. The molecule has 0 aromatic rings. The van der Waals surface area contributed by atoms with Crippen molar-refractivity contribution in [3.63, 3.8) is 0 Å². The molecule has 106 valence electrons. The number of ether oxygens (including phenoxy) is 2. The molecule has 2 aliphatic heterocycles. The second kappa shape index (κ2) is 3.17. The van der Waals surface area contributed by atoms with Crippen LogP contribution >= 0.6 is 0 Å². The van der Waals surface area contributed by atoms with E-state index in [1.165, 1.54) is 0 Å². The van der Waals surface area contributed by atoms with Crippen molar-refractivity contribution in [1.82, 2.24) is 0 Å². The van der Waals surface area contributed by atoms with Crippen LogP contribution in [0.25, 0.3) is 0 Å². The highest BCUT2D eigenvalue weighted by molar-refractivity contribution is 5.75. The summed E-state index contributed by atoms with van der Waals surface area (Å²) in [6.07, 6.45) is 3.01. The van der Waals surface area contributed by atoms with Gasteiger partial charge in [-0.15, -0.1) is 0 Å². The minimum atomic E-state index is -0.443. The van der Waals surface area contributed by atoms with Crippen molar-refractivity contribution >= 4 is 5.97 Å². The van der Waals surface area contributed by atoms with Crippen LogP contribution in [0.5, 0.6) is 0 Å². The molecule has 2 saturated carbocycles. The van der Waals surface area contributed by atoms with Gasteiger partial charge in [-0.25, -0.2) is 0 Å². The van der Waals surface area contributed by atoms with Crippen LogP contribution in [0.4, 0.5) is 0 Å². The normalized spacial score (nSPS) is 62.8. The van der Waals surface area contributed by atoms with E-state index in [1.807, 2.05) is 6.92 Å². The maximum absolute atomic E-state index is 11.9. The largest absolute Gasteiger partial charge is 0.459 e. The minimum absolute atomic E-state index is 0.0311. The number of rotatable bonds is 0. The number of fused-ring (bicyclic) bond motifs is 1. The second-order valence-corrected chi connectivity index (χ2v) is 7.39. The number of epoxide rings is 1. The van der Waals surface area contributed by atoms with Crippen molar-refractivity contribution in [1.29, 1.82) is 0 Å². The van der Waals surface area contributed by atoms with Gasteiger partial charge < -0.3 is 14.6 Å². The van der Waals surface area contributed by atoms with E-state index in [4.69, 9.17) is 9.47 Å². The van der Waals surface area contributed by atoms with Crippen molar-refractivity contribution in [2.45, 2.75) is 69.9 Å². The van der Waals surface area contributed by atoms with Gasteiger partial charge in [0.1, 0.15) is 11.7 Å². The lowest BCUT2D eigenvalue weighted by Crippen LogP contribution is -2.62. The maximum atomic E-state index is 11.9. The summed E-state index contributed by atoms with van der Waals surface area (Å²) in [6, 6.07) is 0. The van der Waals surface area contributed by atoms with Crippen molar-refractivity contribution < 1.29 is 19.4 Å². The summed E-state index contributed by atoms with van der Waals surface area (Å²) in [6.45, 7) is 6.21. The Balaban J connectivity index is 1.81. The lowest BCUT2D eigenvalue weighted by Gasteiger charge is -2.51. The van der Waals surface area contributed by atoms with Crippen molar-refractivity contribution in [3.8, 4) is 0 Å². The van der Waals surface area contributed by atoms with E-state index in [-0.39, 0.29) is 41.0 Å². The quantitative estimate of drug-likeness (QED) is 0.535. The lowest BCUT2D eigenvalue weighted by atomic mass is 9.52. The van der Waals surface area contributed by atoms with Gasteiger partial charge in [0, 0.05) is 11.3 Å². The molecule has 7 unspecified atom stereocenters. The van der Waals surface area contributed by atoms with Gasteiger partial charge in [0.2, 0.25) is 0 Å². The predicted octanol–water partition coefficient (Wildman–Crippen LogP) is 1.65. The highest BCUT2D eigenvalue weighted by Crippen LogP contribution is 2.73. The van der Waals surface area contributed by atoms with Crippen LogP contribution in [0, 0.1) is 17.3 Å². The Morgan fingerprint density at radius 2 is 2.00 bits per heavy atom. The van der Waals surface area contributed by atoms with E-state index in [0.29, 0.717) is 0 Å². The number of carbonyl (C=O) groups is 1. The average molecular weight is 266 g/mol. The van der Waals surface area contributed by atoms with Gasteiger partial charge in [-0.2, -0.15) is 0 Å². The zero-order valence-electron chi connectivity index (χ0n) is 11.8. The molecule has 4 fully saturated rings. The summed E-state index contributed by atoms with van der Waals surface area (Å²) in [5.74, 6) is 0.135. The highest BCUT2D eigenvalue weighted by atomic mass is 16.7. The Bertz CT molecular complexity index is 463. The molecule has 1 N–H and O–H groups in total. The number of esters is 1. The van der Waals surface area contributed by atoms with Crippen molar-refractivity contribution in [3.05, 3.63) is 0 Å². The van der Waals surface area contributed by atoms with Crippen LogP contribution < -0.4 is 0 Å². The van der Waals surface area contributed by atoms with Crippen molar-refractivity contribution in [2.75, 3.05) is 0 Å². The minimum Gasteiger partial charge on any atom is -0.459 e. The lowest BCUT2D eigenvalue weighted by molar-refractivity contribution is -0.158. The number of aliphatic hydroxyl groups is 1. The predicted molar refractivity (Wildman–Crippen MR) is 67.3 cm³/mol. The van der Waals surface area contributed by atoms with E-state index in [0.717, 1.165) is 25.7 Å². The summed E-state index contributed by atoms with van der Waals surface area (Å²) in [5, 5.41) is 10.5. The van der Waals surface area contributed by atoms with Gasteiger partial charge in [0.15, 0.2) is 0 Å². The Morgan fingerprint density at radius 1 is 1.26 bits per heavy atom. The van der Waals surface area contributed by atoms with Gasteiger partial charge in [-0.3, -0.25) is 4.79 Å². The smallest absolute Gasteiger partial charge is 0.309 e. The zero-order valence-corrected chi connectivity index (χ0v) is 11.8. The molecular weight excluding hydrogens is 244 g/mol. The fourth-order valence-corrected chi connectivity index (χ4v) is 5.31. The molecule has 0 aromatic carbocycles. The van der Waals surface area contributed by atoms with Crippen LogP contribution in [0.1, 0.15) is 46.5 Å². The molecular formula is C15H22O4. The molecule has 2 aliphatic carbocycles. The SMILES string of the molecule is CC1C(=O)OC2C1CCC1(C)C(O)CCC3(C)OC231. The summed E-state index contributed by atoms with van der Waals surface area (Å²) in [5.41, 5.74) is -0.929. The first-order chi connectivity index (χ1) is 8.86. The van der Waals surface area contributed by atoms with E-state index >= 15 is 0 Å². The molecule has 4 rings (SSSR count). The third-order valence-corrected chi connectivity index (χ3v) is 6.65. The third-order valence-electron chi connectivity index (χ3n) is 6.65. The van der Waals surface area contributed by atoms with Crippen LogP contribution in [0.15, 0.2) is 0 Å². The van der Waals surface area contributed by atoms with Gasteiger partial charge in [-0.05, 0) is 32.6 Å². The van der Waals surface area contributed by atoms with Crippen LogP contribution in [0.3, 0.4) is 0 Å². The molecule has 0 radical (unpaired) electrons. The van der Waals surface area contributed by atoms with Gasteiger partial charge in [0.05, 0.1) is 17.6 Å². The van der Waals surface area contributed by atoms with Crippen LogP contribution in [-0.4, -0.2) is 34.5 Å². The first-order valence-corrected chi connectivity index (χ1v) is 7.44. The fourth-order valence-electron chi connectivity index (χ4n) is 5.31. The van der Waals surface area contributed by atoms with E-state index in [2.05, 4.69) is 13.8 Å². The third kappa shape index (κ3) is 1.09. The molecule has 1 spiro atoms. The average Bonchev–Trinajstić information content (AvgIpc) is 2.90. The number of aliphatic hydroxyl groups excluding tert-OH is 1. The monoisotopic (exact) mass is 266 g/mol. The summed E-state index contributed by atoms with van der Waals surface area (Å²) in [4.78, 5) is 11.9. The van der Waals surface area contributed by atoms with E-state index in [1.54, 1.807) is 0 Å². The Morgan fingerprint density at radius 3 is 2.74 bits per heavy atom. The molecule has 0 bridgehead atoms. The van der Waals surface area contributed by atoms with E-state index in [9.17, 15) is 9.90 Å². The molecule has 19 heavy (non-hydrogen) atoms. The molecule has 7 atom stereocenters. The molecule has 4 aliphatic rings. The first-order valence-electron chi connectivity index (χ1n) is 7.44. The summed E-state index contributed by atoms with van der Waals surface area (Å²) in [7, 11) is 0. The fraction of sp³-hybridized carbons (Fsp3) is 0.933. The van der Waals surface area contributed by atoms with Gasteiger partial charge in [-0.1, -0.05) is 13.8 Å². The molecule has 4 nitrogen and oxygen atoms in total. The second-order valence-electron chi connectivity index (χ2n) is 7.39. The highest BCUT2D eigenvalue weighted by Gasteiger charge is 2.85. The van der Waals surface area contributed by atoms with E-state index < -0.39 is 5.60 Å². The summed E-state index contributed by atoms with van der Waals surface area (Å²) < 4.78 is 11.9. The van der Waals surface area contributed by atoms with Gasteiger partial charge >= 0.3 is 5.97 Å². The zero-order chi connectivity index (χ0) is 13.6. The molecule has 0 amide bonds. The first kappa shape index (κ1) is 12.2. The Kier molecular flexibility index (Phi) is 2.03. The van der Waals surface area contributed by atoms with Gasteiger partial charge in [0.25, 0.3) is 0 Å². The molecule has 2 saturated heterocycles. The topological polar surface area (TPSA) is 59.1 Å². The molecule has 4 heteroatoms. The number of carbonyl (C=O) groups excluding carboxylic acids is 1. The number of hydrogen-bond donors (Lipinski definition) is 1. The molecule has 0 aromatic heterocycles.